The van der Waals surface area contributed by atoms with Gasteiger partial charge in [0.05, 0.1) is 11.8 Å². The van der Waals surface area contributed by atoms with Gasteiger partial charge in [0, 0.05) is 19.6 Å². The van der Waals surface area contributed by atoms with Gasteiger partial charge in [-0.1, -0.05) is 30.3 Å². The van der Waals surface area contributed by atoms with Crippen LogP contribution in [0.1, 0.15) is 24.3 Å². The van der Waals surface area contributed by atoms with E-state index in [-0.39, 0.29) is 24.9 Å². The van der Waals surface area contributed by atoms with Crippen molar-refractivity contribution in [2.75, 3.05) is 19.6 Å². The van der Waals surface area contributed by atoms with E-state index in [4.69, 9.17) is 10.8 Å². The number of carbonyl (C=O) groups excluding carboxylic acids is 1. The molecule has 5 nitrogen and oxygen atoms in total. The minimum absolute atomic E-state index is 0.0651. The number of carboxylic acids is 1. The van der Waals surface area contributed by atoms with Crippen molar-refractivity contribution in [1.29, 1.82) is 0 Å². The van der Waals surface area contributed by atoms with E-state index in [9.17, 15) is 9.59 Å². The number of rotatable bonds is 4. The number of amides is 1. The van der Waals surface area contributed by atoms with Gasteiger partial charge in [0.1, 0.15) is 0 Å². The fraction of sp³-hybridized carbons (Fsp3) is 0.467. The van der Waals surface area contributed by atoms with Crippen molar-refractivity contribution < 1.29 is 14.7 Å². The molecule has 1 amide bonds. The van der Waals surface area contributed by atoms with Crippen molar-refractivity contribution >= 4 is 11.9 Å². The molecule has 1 aliphatic rings. The van der Waals surface area contributed by atoms with Gasteiger partial charge in [-0.15, -0.1) is 0 Å². The highest BCUT2D eigenvalue weighted by Crippen LogP contribution is 2.22. The van der Waals surface area contributed by atoms with E-state index in [1.165, 1.54) is 0 Å². The number of nitrogens with zero attached hydrogens (tertiary/aromatic N) is 1. The van der Waals surface area contributed by atoms with E-state index < -0.39 is 11.9 Å². The van der Waals surface area contributed by atoms with Gasteiger partial charge in [-0.05, 0) is 18.4 Å². The van der Waals surface area contributed by atoms with Crippen LogP contribution in [-0.4, -0.2) is 41.5 Å². The number of piperidine rings is 1. The first-order chi connectivity index (χ1) is 9.63. The van der Waals surface area contributed by atoms with Gasteiger partial charge in [0.2, 0.25) is 5.91 Å². The average Bonchev–Trinajstić information content (AvgIpc) is 2.49. The lowest BCUT2D eigenvalue weighted by Crippen LogP contribution is -2.45. The molecule has 1 aromatic carbocycles. The molecule has 1 heterocycles. The van der Waals surface area contributed by atoms with Gasteiger partial charge in [-0.3, -0.25) is 9.59 Å². The van der Waals surface area contributed by atoms with Crippen LogP contribution in [0, 0.1) is 5.92 Å². The van der Waals surface area contributed by atoms with E-state index in [1.54, 1.807) is 4.90 Å². The summed E-state index contributed by atoms with van der Waals surface area (Å²) >= 11 is 0. The topological polar surface area (TPSA) is 83.6 Å². The summed E-state index contributed by atoms with van der Waals surface area (Å²) in [6, 6.07) is 9.41. The Labute approximate surface area is 118 Å². The number of carbonyl (C=O) groups is 2. The molecule has 0 aliphatic carbocycles. The molecule has 1 aliphatic heterocycles. The Bertz CT molecular complexity index is 475. The molecule has 20 heavy (non-hydrogen) atoms. The van der Waals surface area contributed by atoms with Crippen LogP contribution >= 0.6 is 0 Å². The van der Waals surface area contributed by atoms with Crippen LogP contribution in [-0.2, 0) is 9.59 Å². The zero-order valence-electron chi connectivity index (χ0n) is 11.4. The molecule has 2 atom stereocenters. The summed E-state index contributed by atoms with van der Waals surface area (Å²) in [6.07, 6.45) is 1.37. The quantitative estimate of drug-likeness (QED) is 0.861. The molecular formula is C15H20N2O3. The highest BCUT2D eigenvalue weighted by molar-refractivity contribution is 5.84. The summed E-state index contributed by atoms with van der Waals surface area (Å²) in [5, 5.41) is 9.09. The smallest absolute Gasteiger partial charge is 0.308 e. The Balaban J connectivity index is 2.11. The lowest BCUT2D eigenvalue weighted by molar-refractivity contribution is -0.146. The van der Waals surface area contributed by atoms with E-state index >= 15 is 0 Å². The average molecular weight is 276 g/mol. The first-order valence-electron chi connectivity index (χ1n) is 6.90. The molecular weight excluding hydrogens is 256 g/mol. The predicted octanol–water partition coefficient (Wildman–Crippen LogP) is 1.05. The van der Waals surface area contributed by atoms with Crippen LogP contribution in [0.3, 0.4) is 0 Å². The maximum absolute atomic E-state index is 12.6. The van der Waals surface area contributed by atoms with E-state index in [0.29, 0.717) is 13.0 Å². The molecule has 0 spiro atoms. The number of benzene rings is 1. The number of hydrogen-bond acceptors (Lipinski definition) is 3. The normalized spacial score (nSPS) is 20.4. The fourth-order valence-electron chi connectivity index (χ4n) is 2.66. The Morgan fingerprint density at radius 2 is 2.05 bits per heavy atom. The SMILES string of the molecule is NCC(C(=O)N1CCC[C@@H](C(=O)O)C1)c1ccccc1. The van der Waals surface area contributed by atoms with Crippen molar-refractivity contribution in [3.63, 3.8) is 0 Å². The second-order valence-electron chi connectivity index (χ2n) is 5.16. The van der Waals surface area contributed by atoms with E-state index in [2.05, 4.69) is 0 Å². The maximum atomic E-state index is 12.6. The second kappa shape index (κ2) is 6.52. The molecule has 1 saturated heterocycles. The molecule has 1 unspecified atom stereocenters. The molecule has 0 saturated carbocycles. The van der Waals surface area contributed by atoms with Gasteiger partial charge in [0.15, 0.2) is 0 Å². The van der Waals surface area contributed by atoms with Crippen LogP contribution < -0.4 is 5.73 Å². The van der Waals surface area contributed by atoms with E-state index in [1.807, 2.05) is 30.3 Å². The van der Waals surface area contributed by atoms with Gasteiger partial charge >= 0.3 is 5.97 Å². The van der Waals surface area contributed by atoms with Crippen LogP contribution in [0.2, 0.25) is 0 Å². The highest BCUT2D eigenvalue weighted by atomic mass is 16.4. The van der Waals surface area contributed by atoms with Gasteiger partial charge in [0.25, 0.3) is 0 Å². The summed E-state index contributed by atoms with van der Waals surface area (Å²) in [4.78, 5) is 25.3. The predicted molar refractivity (Wildman–Crippen MR) is 75.2 cm³/mol. The molecule has 3 N–H and O–H groups in total. The zero-order valence-corrected chi connectivity index (χ0v) is 11.4. The van der Waals surface area contributed by atoms with Gasteiger partial charge < -0.3 is 15.7 Å². The lowest BCUT2D eigenvalue weighted by atomic mass is 9.93. The first kappa shape index (κ1) is 14.5. The minimum Gasteiger partial charge on any atom is -0.481 e. The summed E-state index contributed by atoms with van der Waals surface area (Å²) < 4.78 is 0. The number of nitrogens with two attached hydrogens (primary N) is 1. The molecule has 0 bridgehead atoms. The lowest BCUT2D eigenvalue weighted by Gasteiger charge is -2.33. The third-order valence-corrected chi connectivity index (χ3v) is 3.82. The molecule has 108 valence electrons. The fourth-order valence-corrected chi connectivity index (χ4v) is 2.66. The standard InChI is InChI=1S/C15H20N2O3/c16-9-13(11-5-2-1-3-6-11)14(18)17-8-4-7-12(10-17)15(19)20/h1-3,5-6,12-13H,4,7-10,16H2,(H,19,20)/t12-,13?/m1/s1. The van der Waals surface area contributed by atoms with Crippen molar-refractivity contribution in [3.05, 3.63) is 35.9 Å². The Morgan fingerprint density at radius 3 is 2.65 bits per heavy atom. The van der Waals surface area contributed by atoms with Gasteiger partial charge in [-0.2, -0.15) is 0 Å². The first-order valence-corrected chi connectivity index (χ1v) is 6.90. The van der Waals surface area contributed by atoms with Crippen molar-refractivity contribution in [2.45, 2.75) is 18.8 Å². The third-order valence-electron chi connectivity index (χ3n) is 3.82. The van der Waals surface area contributed by atoms with Crippen LogP contribution in [0.5, 0.6) is 0 Å². The van der Waals surface area contributed by atoms with E-state index in [0.717, 1.165) is 12.0 Å². The Morgan fingerprint density at radius 1 is 1.35 bits per heavy atom. The number of carboxylic acid groups (broad SMARTS) is 1. The molecule has 0 radical (unpaired) electrons. The summed E-state index contributed by atoms with van der Waals surface area (Å²) in [5.41, 5.74) is 6.63. The van der Waals surface area contributed by atoms with Crippen molar-refractivity contribution in [3.8, 4) is 0 Å². The molecule has 0 aromatic heterocycles. The zero-order chi connectivity index (χ0) is 14.5. The molecule has 1 fully saturated rings. The summed E-state index contributed by atoms with van der Waals surface area (Å²) in [6.45, 7) is 1.14. The van der Waals surface area contributed by atoms with Crippen molar-refractivity contribution in [2.24, 2.45) is 11.7 Å². The van der Waals surface area contributed by atoms with Gasteiger partial charge in [-0.25, -0.2) is 0 Å². The monoisotopic (exact) mass is 276 g/mol. The number of aliphatic carboxylic acids is 1. The van der Waals surface area contributed by atoms with Crippen LogP contribution in [0.15, 0.2) is 30.3 Å². The maximum Gasteiger partial charge on any atom is 0.308 e. The Hall–Kier alpha value is -1.88. The highest BCUT2D eigenvalue weighted by Gasteiger charge is 2.31. The van der Waals surface area contributed by atoms with Crippen LogP contribution in [0.25, 0.3) is 0 Å². The summed E-state index contributed by atoms with van der Waals surface area (Å²) in [5.74, 6) is -1.73. The molecule has 5 heteroatoms. The summed E-state index contributed by atoms with van der Waals surface area (Å²) in [7, 11) is 0. The molecule has 2 rings (SSSR count). The largest absolute Gasteiger partial charge is 0.481 e. The van der Waals surface area contributed by atoms with Crippen molar-refractivity contribution in [1.82, 2.24) is 4.90 Å². The minimum atomic E-state index is -0.827. The Kier molecular flexibility index (Phi) is 4.74. The second-order valence-corrected chi connectivity index (χ2v) is 5.16. The number of hydrogen-bond donors (Lipinski definition) is 2. The van der Waals surface area contributed by atoms with Crippen LogP contribution in [0.4, 0.5) is 0 Å². The molecule has 1 aromatic rings. The third kappa shape index (κ3) is 3.17. The number of likely N-dealkylation sites (tertiary alicyclic amines) is 1.